The molecule has 0 fully saturated rings. The van der Waals surface area contributed by atoms with E-state index in [1.165, 1.54) is 0 Å². The Bertz CT molecular complexity index is 523. The monoisotopic (exact) mass is 247 g/mol. The van der Waals surface area contributed by atoms with Crippen molar-refractivity contribution in [3.8, 4) is 17.3 Å². The highest BCUT2D eigenvalue weighted by Gasteiger charge is 2.14. The van der Waals surface area contributed by atoms with Crippen LogP contribution in [0.25, 0.3) is 5.69 Å². The summed E-state index contributed by atoms with van der Waals surface area (Å²) in [5.74, 6) is 1.45. The summed E-state index contributed by atoms with van der Waals surface area (Å²) in [4.78, 5) is 0. The predicted octanol–water partition coefficient (Wildman–Crippen LogP) is 1.39. The third-order valence-electron chi connectivity index (χ3n) is 2.72. The minimum Gasteiger partial charge on any atom is -0.494 e. The van der Waals surface area contributed by atoms with Gasteiger partial charge in [0.25, 0.3) is 0 Å². The van der Waals surface area contributed by atoms with E-state index in [1.54, 1.807) is 25.1 Å². The van der Waals surface area contributed by atoms with Gasteiger partial charge in [-0.05, 0) is 25.1 Å². The van der Waals surface area contributed by atoms with Crippen LogP contribution >= 0.6 is 0 Å². The minimum absolute atomic E-state index is 0.563. The molecule has 2 rings (SSSR count). The first kappa shape index (κ1) is 12.4. The molecular weight excluding hydrogens is 230 g/mol. The maximum absolute atomic E-state index is 5.57. The molecule has 1 aromatic heterocycles. The number of para-hydroxylation sites is 2. The highest BCUT2D eigenvalue weighted by molar-refractivity contribution is 5.49. The van der Waals surface area contributed by atoms with Crippen molar-refractivity contribution in [3.63, 3.8) is 0 Å². The Labute approximate surface area is 106 Å². The van der Waals surface area contributed by atoms with Crippen LogP contribution < -0.4 is 15.2 Å². The van der Waals surface area contributed by atoms with Crippen molar-refractivity contribution >= 4 is 0 Å². The van der Waals surface area contributed by atoms with Crippen molar-refractivity contribution < 1.29 is 9.47 Å². The van der Waals surface area contributed by atoms with Gasteiger partial charge in [0.2, 0.25) is 5.88 Å². The summed E-state index contributed by atoms with van der Waals surface area (Å²) in [5.41, 5.74) is 7.41. The van der Waals surface area contributed by atoms with Gasteiger partial charge in [-0.1, -0.05) is 12.1 Å². The molecular formula is C13H17N3O2. The second kappa shape index (κ2) is 5.55. The summed E-state index contributed by atoms with van der Waals surface area (Å²) >= 11 is 0. The second-order valence-electron chi connectivity index (χ2n) is 3.80. The molecule has 96 valence electrons. The summed E-state index contributed by atoms with van der Waals surface area (Å²) in [6.07, 6.45) is 2.51. The van der Waals surface area contributed by atoms with Crippen LogP contribution in [0.1, 0.15) is 5.56 Å². The lowest BCUT2D eigenvalue weighted by Gasteiger charge is -2.11. The summed E-state index contributed by atoms with van der Waals surface area (Å²) < 4.78 is 12.5. The summed E-state index contributed by atoms with van der Waals surface area (Å²) in [6.45, 7) is 0.563. The van der Waals surface area contributed by atoms with Gasteiger partial charge in [-0.15, -0.1) is 0 Å². The van der Waals surface area contributed by atoms with E-state index < -0.39 is 0 Å². The highest BCUT2D eigenvalue weighted by atomic mass is 16.5. The average Bonchev–Trinajstić information content (AvgIpc) is 2.81. The van der Waals surface area contributed by atoms with Crippen molar-refractivity contribution in [1.29, 1.82) is 0 Å². The molecule has 0 saturated carbocycles. The van der Waals surface area contributed by atoms with Crippen LogP contribution in [0.2, 0.25) is 0 Å². The van der Waals surface area contributed by atoms with E-state index in [4.69, 9.17) is 15.2 Å². The van der Waals surface area contributed by atoms with Crippen molar-refractivity contribution in [2.75, 3.05) is 20.8 Å². The van der Waals surface area contributed by atoms with E-state index in [0.29, 0.717) is 12.4 Å². The van der Waals surface area contributed by atoms with Crippen LogP contribution in [0.15, 0.2) is 30.5 Å². The fourth-order valence-corrected chi connectivity index (χ4v) is 1.89. The fourth-order valence-electron chi connectivity index (χ4n) is 1.89. The maximum Gasteiger partial charge on any atom is 0.219 e. The average molecular weight is 247 g/mol. The standard InChI is InChI=1S/C13H17N3O2/c1-17-12-6-4-3-5-11(12)16-13(18-2)10(7-8-14)9-15-16/h3-6,9H,7-8,14H2,1-2H3. The number of rotatable bonds is 5. The van der Waals surface area contributed by atoms with Crippen molar-refractivity contribution in [3.05, 3.63) is 36.0 Å². The first-order valence-corrected chi connectivity index (χ1v) is 5.76. The summed E-state index contributed by atoms with van der Waals surface area (Å²) in [5, 5.41) is 4.34. The molecule has 1 heterocycles. The number of hydrogen-bond acceptors (Lipinski definition) is 4. The molecule has 0 aliphatic heterocycles. The third kappa shape index (κ3) is 2.17. The predicted molar refractivity (Wildman–Crippen MR) is 69.4 cm³/mol. The molecule has 2 N–H and O–H groups in total. The van der Waals surface area contributed by atoms with E-state index in [-0.39, 0.29) is 0 Å². The number of nitrogens with two attached hydrogens (primary N) is 1. The lowest BCUT2D eigenvalue weighted by atomic mass is 10.2. The first-order valence-electron chi connectivity index (χ1n) is 5.76. The van der Waals surface area contributed by atoms with Crippen LogP contribution in [0.5, 0.6) is 11.6 Å². The number of ether oxygens (including phenoxy) is 2. The molecule has 1 aromatic carbocycles. The Balaban J connectivity index is 2.50. The molecule has 0 amide bonds. The highest BCUT2D eigenvalue weighted by Crippen LogP contribution is 2.28. The quantitative estimate of drug-likeness (QED) is 0.867. The van der Waals surface area contributed by atoms with Gasteiger partial charge in [0.05, 0.1) is 20.4 Å². The van der Waals surface area contributed by atoms with Gasteiger partial charge in [0, 0.05) is 5.56 Å². The molecule has 2 aromatic rings. The Hall–Kier alpha value is -2.01. The maximum atomic E-state index is 5.57. The van der Waals surface area contributed by atoms with Gasteiger partial charge in [-0.2, -0.15) is 9.78 Å². The molecule has 5 nitrogen and oxygen atoms in total. The first-order chi connectivity index (χ1) is 8.81. The van der Waals surface area contributed by atoms with Crippen LogP contribution in [0, 0.1) is 0 Å². The van der Waals surface area contributed by atoms with Crippen LogP contribution in [-0.4, -0.2) is 30.5 Å². The zero-order chi connectivity index (χ0) is 13.0. The van der Waals surface area contributed by atoms with Gasteiger partial charge in [0.15, 0.2) is 0 Å². The number of hydrogen-bond donors (Lipinski definition) is 1. The molecule has 0 saturated heterocycles. The molecule has 18 heavy (non-hydrogen) atoms. The van der Waals surface area contributed by atoms with Crippen molar-refractivity contribution in [2.45, 2.75) is 6.42 Å². The third-order valence-corrected chi connectivity index (χ3v) is 2.72. The largest absolute Gasteiger partial charge is 0.494 e. The van der Waals surface area contributed by atoms with E-state index in [0.717, 1.165) is 23.4 Å². The molecule has 0 aliphatic rings. The van der Waals surface area contributed by atoms with Gasteiger partial charge in [-0.25, -0.2) is 0 Å². The molecule has 0 unspecified atom stereocenters. The van der Waals surface area contributed by atoms with E-state index in [9.17, 15) is 0 Å². The molecule has 0 atom stereocenters. The van der Waals surface area contributed by atoms with Crippen LogP contribution in [-0.2, 0) is 6.42 Å². The lowest BCUT2D eigenvalue weighted by Crippen LogP contribution is -2.05. The van der Waals surface area contributed by atoms with Gasteiger partial charge in [0.1, 0.15) is 11.4 Å². The van der Waals surface area contributed by atoms with E-state index in [1.807, 2.05) is 24.3 Å². The van der Waals surface area contributed by atoms with Crippen LogP contribution in [0.3, 0.4) is 0 Å². The number of benzene rings is 1. The Morgan fingerprint density at radius 3 is 2.67 bits per heavy atom. The Kier molecular flexibility index (Phi) is 3.84. The van der Waals surface area contributed by atoms with Gasteiger partial charge in [-0.3, -0.25) is 0 Å². The Morgan fingerprint density at radius 1 is 1.22 bits per heavy atom. The number of methoxy groups -OCH3 is 2. The zero-order valence-corrected chi connectivity index (χ0v) is 10.6. The molecule has 0 aliphatic carbocycles. The normalized spacial score (nSPS) is 10.4. The summed E-state index contributed by atoms with van der Waals surface area (Å²) in [6, 6.07) is 7.67. The SMILES string of the molecule is COc1ccccc1-n1ncc(CCN)c1OC. The van der Waals surface area contributed by atoms with Gasteiger partial charge >= 0.3 is 0 Å². The zero-order valence-electron chi connectivity index (χ0n) is 10.6. The number of aromatic nitrogens is 2. The van der Waals surface area contributed by atoms with Gasteiger partial charge < -0.3 is 15.2 Å². The number of nitrogens with zero attached hydrogens (tertiary/aromatic N) is 2. The molecule has 0 bridgehead atoms. The second-order valence-corrected chi connectivity index (χ2v) is 3.80. The van der Waals surface area contributed by atoms with Crippen molar-refractivity contribution in [1.82, 2.24) is 9.78 Å². The smallest absolute Gasteiger partial charge is 0.219 e. The summed E-state index contributed by atoms with van der Waals surface area (Å²) in [7, 11) is 3.26. The lowest BCUT2D eigenvalue weighted by molar-refractivity contribution is 0.373. The van der Waals surface area contributed by atoms with E-state index >= 15 is 0 Å². The van der Waals surface area contributed by atoms with Crippen molar-refractivity contribution in [2.24, 2.45) is 5.73 Å². The van der Waals surface area contributed by atoms with Crippen LogP contribution in [0.4, 0.5) is 0 Å². The Morgan fingerprint density at radius 2 is 2.00 bits per heavy atom. The molecule has 0 radical (unpaired) electrons. The molecule has 0 spiro atoms. The topological polar surface area (TPSA) is 62.3 Å². The molecule has 5 heteroatoms. The fraction of sp³-hybridized carbons (Fsp3) is 0.308. The minimum atomic E-state index is 0.563. The van der Waals surface area contributed by atoms with E-state index in [2.05, 4.69) is 5.10 Å².